The smallest absolute Gasteiger partial charge is 0.136 e. The molecule has 3 aromatic rings. The maximum Gasteiger partial charge on any atom is 0.136 e. The summed E-state index contributed by atoms with van der Waals surface area (Å²) < 4.78 is 2.68. The molecule has 3 rings (SSSR count). The Hall–Kier alpha value is -2.46. The Morgan fingerprint density at radius 1 is 1.08 bits per heavy atom. The number of aromatic nitrogens is 2. The third-order valence-electron chi connectivity index (χ3n) is 3.96. The van der Waals surface area contributed by atoms with E-state index in [0.717, 1.165) is 28.0 Å². The number of aliphatic imine (C=N–C) groups is 1. The molecule has 0 spiro atoms. The lowest BCUT2D eigenvalue weighted by atomic mass is 10.1. The first-order chi connectivity index (χ1) is 11.6. The highest BCUT2D eigenvalue weighted by Gasteiger charge is 2.08. The van der Waals surface area contributed by atoms with Crippen molar-refractivity contribution in [3.05, 3.63) is 82.1 Å². The molecule has 4 heteroatoms. The van der Waals surface area contributed by atoms with Crippen LogP contribution in [0.3, 0.4) is 0 Å². The Morgan fingerprint density at radius 2 is 1.71 bits per heavy atom. The lowest BCUT2D eigenvalue weighted by molar-refractivity contribution is 0.744. The summed E-state index contributed by atoms with van der Waals surface area (Å²) in [7, 11) is 0. The number of aromatic amines is 1. The van der Waals surface area contributed by atoms with Crippen LogP contribution >= 0.6 is 12.2 Å². The molecule has 2 aromatic carbocycles. The summed E-state index contributed by atoms with van der Waals surface area (Å²) >= 11 is 5.62. The number of hydrogen-bond donors (Lipinski definition) is 1. The molecule has 0 radical (unpaired) electrons. The molecule has 0 bridgehead atoms. The first-order valence-electron chi connectivity index (χ1n) is 8.09. The molecule has 0 aliphatic carbocycles. The zero-order chi connectivity index (χ0) is 16.9. The van der Waals surface area contributed by atoms with Crippen molar-refractivity contribution >= 4 is 18.4 Å². The van der Waals surface area contributed by atoms with E-state index in [9.17, 15) is 0 Å². The topological polar surface area (TPSA) is 33.1 Å². The number of benzene rings is 2. The minimum atomic E-state index is 0.210. The second-order valence-corrected chi connectivity index (χ2v) is 6.33. The number of hydrogen-bond acceptors (Lipinski definition) is 2. The number of nitrogens with zero attached hydrogens (tertiary/aromatic N) is 2. The van der Waals surface area contributed by atoms with Gasteiger partial charge in [0.25, 0.3) is 0 Å². The quantitative estimate of drug-likeness (QED) is 0.522. The number of H-pyrrole nitrogens is 1. The molecule has 0 amide bonds. The largest absolute Gasteiger partial charge is 0.297 e. The maximum absolute atomic E-state index is 5.62. The standard InChI is InChI=1S/C20H21N3S/c1-15(13-17-9-5-3-6-10-17)21-14-19-16(2)22-23(20(19)24)18-11-7-4-8-12-18/h3-12,14-15,22H,13H2,1-2H3/t15-/m1/s1. The lowest BCUT2D eigenvalue weighted by Crippen LogP contribution is -2.03. The van der Waals surface area contributed by atoms with Gasteiger partial charge in [0.2, 0.25) is 0 Å². The molecule has 1 heterocycles. The van der Waals surface area contributed by atoms with Gasteiger partial charge >= 0.3 is 0 Å². The summed E-state index contributed by atoms with van der Waals surface area (Å²) in [5.74, 6) is 0. The summed E-state index contributed by atoms with van der Waals surface area (Å²) in [6, 6.07) is 20.7. The first kappa shape index (κ1) is 16.4. The molecule has 122 valence electrons. The molecule has 1 aromatic heterocycles. The van der Waals surface area contributed by atoms with Gasteiger partial charge in [0.15, 0.2) is 0 Å². The van der Waals surface area contributed by atoms with Crippen molar-refractivity contribution in [1.29, 1.82) is 0 Å². The van der Waals surface area contributed by atoms with Crippen molar-refractivity contribution in [2.24, 2.45) is 4.99 Å². The third-order valence-corrected chi connectivity index (χ3v) is 4.37. The minimum Gasteiger partial charge on any atom is -0.297 e. The van der Waals surface area contributed by atoms with E-state index in [1.165, 1.54) is 5.56 Å². The monoisotopic (exact) mass is 335 g/mol. The number of aryl methyl sites for hydroxylation is 1. The van der Waals surface area contributed by atoms with Crippen molar-refractivity contribution in [1.82, 2.24) is 9.78 Å². The first-order valence-corrected chi connectivity index (χ1v) is 8.50. The molecule has 1 atom stereocenters. The second kappa shape index (κ2) is 7.41. The van der Waals surface area contributed by atoms with Gasteiger partial charge in [-0.2, -0.15) is 0 Å². The highest BCUT2D eigenvalue weighted by molar-refractivity contribution is 7.71. The average Bonchev–Trinajstić information content (AvgIpc) is 2.89. The van der Waals surface area contributed by atoms with Crippen molar-refractivity contribution in [2.45, 2.75) is 26.3 Å². The molecule has 3 nitrogen and oxygen atoms in total. The summed E-state index contributed by atoms with van der Waals surface area (Å²) in [6.07, 6.45) is 2.83. The van der Waals surface area contributed by atoms with Crippen molar-refractivity contribution in [3.63, 3.8) is 0 Å². The molecule has 0 aliphatic heterocycles. The van der Waals surface area contributed by atoms with Crippen molar-refractivity contribution < 1.29 is 0 Å². The minimum absolute atomic E-state index is 0.210. The molecule has 1 N–H and O–H groups in total. The van der Waals surface area contributed by atoms with Gasteiger partial charge in [-0.05, 0) is 38.0 Å². The molecule has 0 saturated heterocycles. The fourth-order valence-electron chi connectivity index (χ4n) is 2.68. The predicted molar refractivity (Wildman–Crippen MR) is 103 cm³/mol. The van der Waals surface area contributed by atoms with Crippen LogP contribution in [0.5, 0.6) is 0 Å². The number of nitrogens with one attached hydrogen (secondary N) is 1. The summed E-state index contributed by atoms with van der Waals surface area (Å²) in [4.78, 5) is 4.69. The highest BCUT2D eigenvalue weighted by atomic mass is 32.1. The molecule has 24 heavy (non-hydrogen) atoms. The zero-order valence-electron chi connectivity index (χ0n) is 13.9. The normalized spacial score (nSPS) is 12.6. The van der Waals surface area contributed by atoms with Gasteiger partial charge < -0.3 is 0 Å². The molecule has 0 unspecified atom stereocenters. The maximum atomic E-state index is 5.62. The van der Waals surface area contributed by atoms with Crippen molar-refractivity contribution in [2.75, 3.05) is 0 Å². The van der Waals surface area contributed by atoms with Crippen molar-refractivity contribution in [3.8, 4) is 5.69 Å². The van der Waals surface area contributed by atoms with Crippen LogP contribution in [-0.4, -0.2) is 22.0 Å². The molecular formula is C20H21N3S. The summed E-state index contributed by atoms with van der Waals surface area (Å²) in [6.45, 7) is 4.15. The van der Waals surface area contributed by atoms with Gasteiger partial charge in [0, 0.05) is 17.5 Å². The van der Waals surface area contributed by atoms with Gasteiger partial charge in [-0.15, -0.1) is 0 Å². The lowest BCUT2D eigenvalue weighted by Gasteiger charge is -2.05. The van der Waals surface area contributed by atoms with Crippen LogP contribution in [0.2, 0.25) is 0 Å². The van der Waals surface area contributed by atoms with Gasteiger partial charge in [0.05, 0.1) is 11.7 Å². The Kier molecular flexibility index (Phi) is 5.06. The Labute approximate surface area is 147 Å². The van der Waals surface area contributed by atoms with E-state index in [1.54, 1.807) is 0 Å². The average molecular weight is 335 g/mol. The van der Waals surface area contributed by atoms with E-state index in [1.807, 2.05) is 54.2 Å². The van der Waals surface area contributed by atoms with E-state index in [-0.39, 0.29) is 6.04 Å². The van der Waals surface area contributed by atoms with Gasteiger partial charge in [-0.3, -0.25) is 10.1 Å². The van der Waals surface area contributed by atoms with Crippen LogP contribution in [0.4, 0.5) is 0 Å². The number of rotatable bonds is 5. The van der Waals surface area contributed by atoms with E-state index in [0.29, 0.717) is 0 Å². The van der Waals surface area contributed by atoms with Crippen LogP contribution in [-0.2, 0) is 6.42 Å². The molecular weight excluding hydrogens is 314 g/mol. The van der Waals surface area contributed by atoms with Gasteiger partial charge in [-0.25, -0.2) is 4.68 Å². The summed E-state index contributed by atoms with van der Waals surface area (Å²) in [5.41, 5.74) is 4.33. The van der Waals surface area contributed by atoms with Crippen LogP contribution in [0.15, 0.2) is 65.7 Å². The fourth-order valence-corrected chi connectivity index (χ4v) is 3.04. The Morgan fingerprint density at radius 3 is 2.38 bits per heavy atom. The van der Waals surface area contributed by atoms with E-state index < -0.39 is 0 Å². The molecule has 0 saturated carbocycles. The van der Waals surface area contributed by atoms with Crippen LogP contribution in [0.1, 0.15) is 23.7 Å². The number of para-hydroxylation sites is 1. The molecule has 0 aliphatic rings. The highest BCUT2D eigenvalue weighted by Crippen LogP contribution is 2.14. The third kappa shape index (κ3) is 3.71. The molecule has 0 fully saturated rings. The Bertz CT molecular complexity index is 876. The summed E-state index contributed by atoms with van der Waals surface area (Å²) in [5, 5.41) is 3.32. The SMILES string of the molecule is Cc1[nH]n(-c2ccccc2)c(=S)c1C=N[C@H](C)Cc1ccccc1. The van der Waals surface area contributed by atoms with E-state index >= 15 is 0 Å². The zero-order valence-corrected chi connectivity index (χ0v) is 14.8. The van der Waals surface area contributed by atoms with E-state index in [2.05, 4.69) is 36.3 Å². The van der Waals surface area contributed by atoms with Crippen LogP contribution in [0.25, 0.3) is 5.69 Å². The fraction of sp³-hybridized carbons (Fsp3) is 0.200. The van der Waals surface area contributed by atoms with Gasteiger partial charge in [0.1, 0.15) is 4.64 Å². The second-order valence-electron chi connectivity index (χ2n) is 5.94. The van der Waals surface area contributed by atoms with Crippen LogP contribution < -0.4 is 0 Å². The Balaban J connectivity index is 1.80. The van der Waals surface area contributed by atoms with Crippen LogP contribution in [0, 0.1) is 11.6 Å². The van der Waals surface area contributed by atoms with E-state index in [4.69, 9.17) is 17.2 Å². The predicted octanol–water partition coefficient (Wildman–Crippen LogP) is 4.89. The van der Waals surface area contributed by atoms with Gasteiger partial charge in [-0.1, -0.05) is 60.7 Å².